The molecule has 0 radical (unpaired) electrons. The van der Waals surface area contributed by atoms with Gasteiger partial charge < -0.3 is 5.73 Å². The Morgan fingerprint density at radius 1 is 1.35 bits per heavy atom. The third-order valence-corrected chi connectivity index (χ3v) is 2.84. The van der Waals surface area contributed by atoms with E-state index < -0.39 is 18.9 Å². The number of benzene rings is 1. The highest BCUT2D eigenvalue weighted by Crippen LogP contribution is 2.31. The van der Waals surface area contributed by atoms with Crippen molar-refractivity contribution in [1.82, 2.24) is 20.2 Å². The van der Waals surface area contributed by atoms with Crippen molar-refractivity contribution >= 4 is 17.3 Å². The number of anilines is 1. The highest BCUT2D eigenvalue weighted by molar-refractivity contribution is 6.33. The Kier molecular flexibility index (Phi) is 3.80. The van der Waals surface area contributed by atoms with Crippen molar-refractivity contribution in [3.8, 4) is 11.4 Å². The molecule has 0 amide bonds. The summed E-state index contributed by atoms with van der Waals surface area (Å²) in [6.45, 7) is -1.36. The summed E-state index contributed by atoms with van der Waals surface area (Å²) in [4.78, 5) is 0. The number of tetrazole rings is 1. The number of halogens is 5. The Balaban J connectivity index is 2.41. The van der Waals surface area contributed by atoms with Gasteiger partial charge in [0.25, 0.3) is 0 Å². The third kappa shape index (κ3) is 2.67. The van der Waals surface area contributed by atoms with E-state index in [0.717, 1.165) is 0 Å². The lowest BCUT2D eigenvalue weighted by Crippen LogP contribution is -2.32. The van der Waals surface area contributed by atoms with Gasteiger partial charge in [0.1, 0.15) is 6.54 Å². The minimum absolute atomic E-state index is 0.0746. The minimum atomic E-state index is -4.25. The van der Waals surface area contributed by atoms with Crippen molar-refractivity contribution in [3.63, 3.8) is 0 Å². The molecule has 20 heavy (non-hydrogen) atoms. The van der Waals surface area contributed by atoms with Gasteiger partial charge in [0.05, 0.1) is 10.7 Å². The summed E-state index contributed by atoms with van der Waals surface area (Å²) in [6, 6.07) is 4.45. The molecule has 0 unspecified atom stereocenters. The molecule has 0 saturated heterocycles. The third-order valence-electron chi connectivity index (χ3n) is 2.51. The van der Waals surface area contributed by atoms with E-state index in [0.29, 0.717) is 4.68 Å². The fourth-order valence-corrected chi connectivity index (χ4v) is 1.68. The van der Waals surface area contributed by atoms with Crippen molar-refractivity contribution in [2.24, 2.45) is 0 Å². The molecule has 1 heterocycles. The molecule has 5 nitrogen and oxygen atoms in total. The Morgan fingerprint density at radius 2 is 2.05 bits per heavy atom. The maximum Gasteiger partial charge on any atom is 0.326 e. The average molecular weight is 310 g/mol. The molecule has 0 bridgehead atoms. The molecule has 2 rings (SSSR count). The highest BCUT2D eigenvalue weighted by Gasteiger charge is 2.42. The first-order valence-corrected chi connectivity index (χ1v) is 5.67. The van der Waals surface area contributed by atoms with Crippen LogP contribution in [-0.2, 0) is 6.54 Å². The van der Waals surface area contributed by atoms with E-state index in [9.17, 15) is 17.6 Å². The monoisotopic (exact) mass is 309 g/mol. The van der Waals surface area contributed by atoms with E-state index in [4.69, 9.17) is 17.3 Å². The standard InChI is InChI=1S/C10H8ClF4N5/c11-6-3-1-2-5(7(6)16)8-17-18-19-20(8)4-10(14,15)9(12)13/h1-3,9H,4,16H2. The lowest BCUT2D eigenvalue weighted by molar-refractivity contribution is -0.139. The zero-order valence-electron chi connectivity index (χ0n) is 9.77. The van der Waals surface area contributed by atoms with Gasteiger partial charge in [-0.25, -0.2) is 13.5 Å². The second-order valence-corrected chi connectivity index (χ2v) is 4.33. The molecule has 0 atom stereocenters. The number of hydrogen-bond acceptors (Lipinski definition) is 4. The molecule has 10 heteroatoms. The minimum Gasteiger partial charge on any atom is -0.397 e. The Morgan fingerprint density at radius 3 is 2.70 bits per heavy atom. The summed E-state index contributed by atoms with van der Waals surface area (Å²) in [5.74, 6) is -4.41. The van der Waals surface area contributed by atoms with Gasteiger partial charge in [0.2, 0.25) is 0 Å². The quantitative estimate of drug-likeness (QED) is 0.696. The van der Waals surface area contributed by atoms with E-state index >= 15 is 0 Å². The molecule has 0 aliphatic rings. The number of alkyl halides is 4. The predicted octanol–water partition coefficient (Wildman–Crippen LogP) is 2.48. The fourth-order valence-electron chi connectivity index (χ4n) is 1.50. The van der Waals surface area contributed by atoms with Crippen LogP contribution in [0.4, 0.5) is 23.2 Å². The van der Waals surface area contributed by atoms with Gasteiger partial charge in [-0.15, -0.1) is 5.10 Å². The van der Waals surface area contributed by atoms with Gasteiger partial charge in [-0.3, -0.25) is 0 Å². The van der Waals surface area contributed by atoms with E-state index in [-0.39, 0.29) is 22.1 Å². The first kappa shape index (κ1) is 14.5. The van der Waals surface area contributed by atoms with Crippen LogP contribution in [-0.4, -0.2) is 32.6 Å². The molecule has 2 aromatic rings. The topological polar surface area (TPSA) is 69.6 Å². The van der Waals surface area contributed by atoms with Crippen molar-refractivity contribution in [3.05, 3.63) is 23.2 Å². The normalized spacial score (nSPS) is 12.1. The number of aromatic nitrogens is 4. The molecule has 1 aromatic carbocycles. The molecular weight excluding hydrogens is 302 g/mol. The van der Waals surface area contributed by atoms with Gasteiger partial charge in [-0.1, -0.05) is 17.7 Å². The summed E-state index contributed by atoms with van der Waals surface area (Å²) >= 11 is 5.80. The highest BCUT2D eigenvalue weighted by atomic mass is 35.5. The Bertz CT molecular complexity index is 615. The summed E-state index contributed by atoms with van der Waals surface area (Å²) < 4.78 is 51.1. The van der Waals surface area contributed by atoms with Crippen LogP contribution in [0.15, 0.2) is 18.2 Å². The largest absolute Gasteiger partial charge is 0.397 e. The van der Waals surface area contributed by atoms with Crippen LogP contribution in [0.2, 0.25) is 5.02 Å². The average Bonchev–Trinajstić information content (AvgIpc) is 2.80. The predicted molar refractivity (Wildman–Crippen MR) is 63.6 cm³/mol. The molecular formula is C10H8ClF4N5. The second-order valence-electron chi connectivity index (χ2n) is 3.92. The number of nitrogen functional groups attached to an aromatic ring is 1. The number of hydrogen-bond donors (Lipinski definition) is 1. The number of nitrogens with zero attached hydrogens (tertiary/aromatic N) is 4. The molecule has 0 aliphatic carbocycles. The molecule has 108 valence electrons. The number of rotatable bonds is 4. The van der Waals surface area contributed by atoms with Crippen LogP contribution in [0.1, 0.15) is 0 Å². The number of para-hydroxylation sites is 1. The lowest BCUT2D eigenvalue weighted by Gasteiger charge is -2.15. The summed E-state index contributed by atoms with van der Waals surface area (Å²) in [7, 11) is 0. The van der Waals surface area contributed by atoms with E-state index in [2.05, 4.69) is 15.5 Å². The van der Waals surface area contributed by atoms with Crippen LogP contribution in [0.3, 0.4) is 0 Å². The molecule has 0 fully saturated rings. The lowest BCUT2D eigenvalue weighted by atomic mass is 10.1. The zero-order valence-corrected chi connectivity index (χ0v) is 10.5. The van der Waals surface area contributed by atoms with Crippen LogP contribution >= 0.6 is 11.6 Å². The Hall–Kier alpha value is -1.90. The smallest absolute Gasteiger partial charge is 0.326 e. The number of nitrogens with two attached hydrogens (primary N) is 1. The van der Waals surface area contributed by atoms with Gasteiger partial charge in [0, 0.05) is 5.56 Å². The second kappa shape index (κ2) is 5.23. The van der Waals surface area contributed by atoms with Crippen molar-refractivity contribution in [2.45, 2.75) is 18.9 Å². The molecule has 0 saturated carbocycles. The molecule has 0 spiro atoms. The van der Waals surface area contributed by atoms with Crippen molar-refractivity contribution in [1.29, 1.82) is 0 Å². The van der Waals surface area contributed by atoms with Gasteiger partial charge in [-0.2, -0.15) is 8.78 Å². The van der Waals surface area contributed by atoms with Crippen LogP contribution in [0, 0.1) is 0 Å². The van der Waals surface area contributed by atoms with E-state index in [1.54, 1.807) is 0 Å². The molecule has 2 N–H and O–H groups in total. The summed E-state index contributed by atoms with van der Waals surface area (Å²) in [5, 5.41) is 10.2. The van der Waals surface area contributed by atoms with E-state index in [1.165, 1.54) is 18.2 Å². The van der Waals surface area contributed by atoms with Crippen molar-refractivity contribution < 1.29 is 17.6 Å². The first-order chi connectivity index (χ1) is 9.33. The SMILES string of the molecule is Nc1c(Cl)cccc1-c1nnnn1CC(F)(F)C(F)F. The van der Waals surface area contributed by atoms with Crippen LogP contribution in [0.25, 0.3) is 11.4 Å². The van der Waals surface area contributed by atoms with Crippen molar-refractivity contribution in [2.75, 3.05) is 5.73 Å². The van der Waals surface area contributed by atoms with Gasteiger partial charge in [0.15, 0.2) is 5.82 Å². The first-order valence-electron chi connectivity index (χ1n) is 5.29. The van der Waals surface area contributed by atoms with Crippen LogP contribution < -0.4 is 5.73 Å². The van der Waals surface area contributed by atoms with E-state index in [1.807, 2.05) is 0 Å². The molecule has 0 aliphatic heterocycles. The fraction of sp³-hybridized carbons (Fsp3) is 0.300. The summed E-state index contributed by atoms with van der Waals surface area (Å²) in [6.07, 6.45) is -3.82. The molecule has 1 aromatic heterocycles. The maximum absolute atomic E-state index is 13.1. The zero-order chi connectivity index (χ0) is 14.9. The Labute approximate surface area is 115 Å². The van der Waals surface area contributed by atoms with Gasteiger partial charge >= 0.3 is 12.3 Å². The summed E-state index contributed by atoms with van der Waals surface area (Å²) in [5.41, 5.74) is 5.95. The van der Waals surface area contributed by atoms with Crippen LogP contribution in [0.5, 0.6) is 0 Å². The van der Waals surface area contributed by atoms with Gasteiger partial charge in [-0.05, 0) is 22.6 Å². The maximum atomic E-state index is 13.1.